The van der Waals surface area contributed by atoms with E-state index in [0.29, 0.717) is 11.3 Å². The van der Waals surface area contributed by atoms with Crippen LogP contribution in [0.5, 0.6) is 0 Å². The molecule has 0 saturated carbocycles. The number of rotatable bonds is 8. The molecule has 6 N–H and O–H groups in total. The third kappa shape index (κ3) is 15.4. The number of nitrogens with zero attached hydrogens (tertiary/aromatic N) is 2. The Morgan fingerprint density at radius 1 is 1.37 bits per heavy atom. The fraction of sp³-hybridized carbons (Fsp3) is 0.368. The van der Waals surface area contributed by atoms with Gasteiger partial charge in [0, 0.05) is 28.6 Å². The summed E-state index contributed by atoms with van der Waals surface area (Å²) in [6.45, 7) is 6.15. The molecule has 7 nitrogen and oxygen atoms in total. The quantitative estimate of drug-likeness (QED) is 0.129. The summed E-state index contributed by atoms with van der Waals surface area (Å²) in [5.41, 5.74) is 17.7. The minimum absolute atomic E-state index is 0. The Kier molecular flexibility index (Phi) is 17.2. The number of amides is 1. The molecule has 0 spiro atoms. The van der Waals surface area contributed by atoms with Crippen molar-refractivity contribution in [2.75, 3.05) is 13.7 Å². The average molecular weight is 529 g/mol. The van der Waals surface area contributed by atoms with Gasteiger partial charge in [-0.15, -0.1) is 7.05 Å². The largest absolute Gasteiger partial charge is 1.00 e. The molecule has 162 valence electrons. The van der Waals surface area contributed by atoms with Crippen LogP contribution < -0.4 is 68.6 Å². The van der Waals surface area contributed by atoms with Crippen LogP contribution in [-0.2, 0) is 9.53 Å². The molecule has 0 aliphatic rings. The minimum Gasteiger partial charge on any atom is -0.655 e. The number of nitrogens with two attached hydrogens (primary N) is 3. The van der Waals surface area contributed by atoms with Crippen molar-refractivity contribution >= 4 is 46.4 Å². The molecule has 0 heterocycles. The van der Waals surface area contributed by atoms with Gasteiger partial charge < -0.3 is 27.3 Å². The van der Waals surface area contributed by atoms with Gasteiger partial charge in [0.25, 0.3) is 5.91 Å². The summed E-state index contributed by atoms with van der Waals surface area (Å²) in [4.78, 5) is 15.2. The van der Waals surface area contributed by atoms with Crippen LogP contribution in [0.15, 0.2) is 51.4 Å². The first-order valence-corrected chi connectivity index (χ1v) is 9.74. The number of hydrogen-bond acceptors (Lipinski definition) is 6. The van der Waals surface area contributed by atoms with E-state index in [2.05, 4.69) is 59.6 Å². The Bertz CT molecular complexity index is 746. The molecule has 0 aromatic heterocycles. The maximum atomic E-state index is 12.8. The van der Waals surface area contributed by atoms with Crippen molar-refractivity contribution in [1.29, 1.82) is 0 Å². The normalized spacial score (nSPS) is 13.4. The molecule has 0 saturated heterocycles. The van der Waals surface area contributed by atoms with Gasteiger partial charge >= 0.3 is 51.4 Å². The van der Waals surface area contributed by atoms with Crippen molar-refractivity contribution < 1.29 is 65.3 Å². The fourth-order valence-electron chi connectivity index (χ4n) is 1.53. The van der Waals surface area contributed by atoms with E-state index in [1.165, 1.54) is 43.7 Å². The summed E-state index contributed by atoms with van der Waals surface area (Å²) in [5.74, 6) is -1.03. The number of carbonyl (C=O) groups excluding carboxylic acids is 1. The molecule has 1 aromatic rings. The van der Waals surface area contributed by atoms with Crippen molar-refractivity contribution in [2.45, 2.75) is 31.6 Å². The second-order valence-corrected chi connectivity index (χ2v) is 8.83. The number of halogens is 2. The van der Waals surface area contributed by atoms with Crippen LogP contribution >= 0.6 is 28.6 Å². The standard InChI is InChI=1S/C15H19BrFN5O2.C4H10S.K/c1-21-15(13(16)14(20)23)24-8-12(19)9(6-18)7-22-11-4-2-10(17)3-5-11;1-4(2,3)5;/h2-7,12H,8,19H2,1H3,(H5,18,20,21,22,23);5H,1-3H3;/q;;+1/p-1. The number of aliphatic imine (C=N–C) groups is 1. The van der Waals surface area contributed by atoms with E-state index in [0.717, 1.165) is 0 Å². The fourth-order valence-corrected chi connectivity index (χ4v) is 1.83. The Hall–Kier alpha value is -0.404. The summed E-state index contributed by atoms with van der Waals surface area (Å²) in [7, 11) is 1.45. The van der Waals surface area contributed by atoms with Gasteiger partial charge in [-0.1, -0.05) is 20.8 Å². The number of carbonyl (C=O) groups is 1. The van der Waals surface area contributed by atoms with Gasteiger partial charge in [0.15, 0.2) is 0 Å². The average Bonchev–Trinajstić information content (AvgIpc) is 2.62. The molecule has 0 aliphatic carbocycles. The Morgan fingerprint density at radius 2 is 1.87 bits per heavy atom. The topological polar surface area (TPSA) is 131 Å². The van der Waals surface area contributed by atoms with Crippen molar-refractivity contribution in [3.05, 3.63) is 57.5 Å². The molecule has 30 heavy (non-hydrogen) atoms. The molecule has 0 aliphatic heterocycles. The minimum atomic E-state index is -0.711. The molecule has 11 heteroatoms. The predicted molar refractivity (Wildman–Crippen MR) is 124 cm³/mol. The molecule has 0 radical (unpaired) electrons. The van der Waals surface area contributed by atoms with Crippen LogP contribution in [0.3, 0.4) is 0 Å². The molecule has 1 atom stereocenters. The number of benzene rings is 1. The first-order chi connectivity index (χ1) is 13.4. The SMILES string of the molecule is CC(C)(C)S.C[N-]/C(OCC(N)/C(C=Nc1ccc(F)cc1)=C/N)=C(/Br)C(N)=O.[K+]. The van der Waals surface area contributed by atoms with Gasteiger partial charge in [0.2, 0.25) is 0 Å². The van der Waals surface area contributed by atoms with Gasteiger partial charge in [0.05, 0.1) is 11.7 Å². The molecule has 0 fully saturated rings. The van der Waals surface area contributed by atoms with E-state index in [9.17, 15) is 9.18 Å². The van der Waals surface area contributed by atoms with Crippen LogP contribution in [0, 0.1) is 5.82 Å². The number of primary amides is 1. The van der Waals surface area contributed by atoms with E-state index in [1.54, 1.807) is 0 Å². The number of ether oxygens (including phenoxy) is 1. The Morgan fingerprint density at radius 3 is 2.27 bits per heavy atom. The molecule has 1 aromatic carbocycles. The van der Waals surface area contributed by atoms with Crippen molar-refractivity contribution in [1.82, 2.24) is 0 Å². The van der Waals surface area contributed by atoms with Crippen LogP contribution in [0.25, 0.3) is 5.32 Å². The van der Waals surface area contributed by atoms with Crippen molar-refractivity contribution in [3.8, 4) is 0 Å². The molecule has 1 unspecified atom stereocenters. The number of hydrogen-bond donors (Lipinski definition) is 4. The number of thiol groups is 1. The molecule has 1 rings (SSSR count). The van der Waals surface area contributed by atoms with Crippen LogP contribution in [0.1, 0.15) is 20.8 Å². The maximum absolute atomic E-state index is 12.8. The van der Waals surface area contributed by atoms with Crippen molar-refractivity contribution in [3.63, 3.8) is 0 Å². The van der Waals surface area contributed by atoms with Crippen LogP contribution in [0.2, 0.25) is 0 Å². The third-order valence-corrected chi connectivity index (χ3v) is 3.55. The summed E-state index contributed by atoms with van der Waals surface area (Å²) in [6.07, 6.45) is 2.74. The second kappa shape index (κ2) is 16.3. The zero-order chi connectivity index (χ0) is 22.6. The van der Waals surface area contributed by atoms with E-state index < -0.39 is 11.9 Å². The van der Waals surface area contributed by atoms with Crippen LogP contribution in [0.4, 0.5) is 10.1 Å². The predicted octanol–water partition coefficient (Wildman–Crippen LogP) is 0.486. The summed E-state index contributed by atoms with van der Waals surface area (Å²) >= 11 is 7.11. The first-order valence-electron chi connectivity index (χ1n) is 8.50. The zero-order valence-corrected chi connectivity index (χ0v) is 23.5. The second-order valence-electron chi connectivity index (χ2n) is 6.70. The van der Waals surface area contributed by atoms with Gasteiger partial charge in [-0.05, 0) is 40.2 Å². The van der Waals surface area contributed by atoms with Gasteiger partial charge in [-0.2, -0.15) is 12.6 Å². The summed E-state index contributed by atoms with van der Waals surface area (Å²) in [6, 6.07) is 5.00. The third-order valence-electron chi connectivity index (χ3n) is 2.82. The van der Waals surface area contributed by atoms with Gasteiger partial charge in [0.1, 0.15) is 16.9 Å². The van der Waals surface area contributed by atoms with E-state index in [4.69, 9.17) is 21.9 Å². The van der Waals surface area contributed by atoms with Crippen molar-refractivity contribution in [2.24, 2.45) is 22.2 Å². The Balaban J connectivity index is 0. The molecular weight excluding hydrogens is 500 g/mol. The van der Waals surface area contributed by atoms with E-state index in [1.807, 2.05) is 0 Å². The molecule has 1 amide bonds. The first kappa shape index (κ1) is 31.8. The molecule has 0 bridgehead atoms. The molecular formula is C19H28BrFKN5O2S. The van der Waals surface area contributed by atoms with Gasteiger partial charge in [-0.3, -0.25) is 9.79 Å². The summed E-state index contributed by atoms with van der Waals surface area (Å²) in [5, 5.41) is 3.80. The smallest absolute Gasteiger partial charge is 0.655 e. The van der Waals surface area contributed by atoms with E-state index in [-0.39, 0.29) is 78.9 Å². The zero-order valence-electron chi connectivity index (χ0n) is 17.9. The summed E-state index contributed by atoms with van der Waals surface area (Å²) < 4.78 is 18.4. The monoisotopic (exact) mass is 527 g/mol. The maximum Gasteiger partial charge on any atom is 1.00 e. The van der Waals surface area contributed by atoms with Crippen LogP contribution in [-0.4, -0.2) is 36.6 Å². The van der Waals surface area contributed by atoms with E-state index >= 15 is 0 Å². The Labute approximate surface area is 234 Å². The van der Waals surface area contributed by atoms with Gasteiger partial charge in [-0.25, -0.2) is 4.39 Å².